The molecule has 0 aromatic heterocycles. The smallest absolute Gasteiger partial charge is 0.142 e. The van der Waals surface area contributed by atoms with Gasteiger partial charge in [-0.15, -0.1) is 0 Å². The highest BCUT2D eigenvalue weighted by Gasteiger charge is 2.23. The molecule has 1 N–H and O–H groups in total. The molecule has 0 heterocycles. The van der Waals surface area contributed by atoms with Gasteiger partial charge in [-0.25, -0.2) is 8.78 Å². The van der Waals surface area contributed by atoms with Crippen LogP contribution in [0, 0.1) is 11.6 Å². The van der Waals surface area contributed by atoms with Gasteiger partial charge in [0.15, 0.2) is 0 Å². The lowest BCUT2D eigenvalue weighted by Gasteiger charge is -2.14. The van der Waals surface area contributed by atoms with Gasteiger partial charge in [-0.3, -0.25) is 0 Å². The van der Waals surface area contributed by atoms with Crippen molar-refractivity contribution in [3.8, 4) is 5.75 Å². The Morgan fingerprint density at radius 2 is 1.76 bits per heavy atom. The van der Waals surface area contributed by atoms with Crippen molar-refractivity contribution < 1.29 is 18.6 Å². The molecule has 0 radical (unpaired) electrons. The summed E-state index contributed by atoms with van der Waals surface area (Å²) < 4.78 is 32.8. The topological polar surface area (TPSA) is 29.5 Å². The van der Waals surface area contributed by atoms with Gasteiger partial charge in [0.05, 0.1) is 11.1 Å². The van der Waals surface area contributed by atoms with Gasteiger partial charge >= 0.3 is 0 Å². The molecule has 2 nitrogen and oxygen atoms in total. The Morgan fingerprint density at radius 3 is 2.38 bits per heavy atom. The summed E-state index contributed by atoms with van der Waals surface area (Å²) in [6.45, 7) is 0. The van der Waals surface area contributed by atoms with E-state index in [1.165, 1.54) is 0 Å². The summed E-state index contributed by atoms with van der Waals surface area (Å²) >= 11 is 5.50. The van der Waals surface area contributed by atoms with Crippen LogP contribution >= 0.6 is 11.6 Å². The molecule has 1 atom stereocenters. The van der Waals surface area contributed by atoms with E-state index < -0.39 is 17.7 Å². The van der Waals surface area contributed by atoms with Crippen LogP contribution in [0.15, 0.2) is 36.4 Å². The first kappa shape index (κ1) is 14.3. The molecule has 1 fully saturated rings. The van der Waals surface area contributed by atoms with E-state index >= 15 is 0 Å². The maximum Gasteiger partial charge on any atom is 0.142 e. The Morgan fingerprint density at radius 1 is 1.10 bits per heavy atom. The Balaban J connectivity index is 1.83. The van der Waals surface area contributed by atoms with Crippen molar-refractivity contribution in [1.29, 1.82) is 0 Å². The SMILES string of the molecule is OC(c1ccc(OC2CC2)cc1)c1cc(F)c(Cl)cc1F. The Labute approximate surface area is 125 Å². The fourth-order valence-corrected chi connectivity index (χ4v) is 2.18. The predicted molar refractivity (Wildman–Crippen MR) is 75.5 cm³/mol. The zero-order valence-electron chi connectivity index (χ0n) is 11.0. The lowest BCUT2D eigenvalue weighted by molar-refractivity contribution is 0.214. The fourth-order valence-electron chi connectivity index (χ4n) is 2.03. The normalized spacial score (nSPS) is 15.8. The minimum absolute atomic E-state index is 0.146. The molecule has 1 saturated carbocycles. The third-order valence-electron chi connectivity index (χ3n) is 3.36. The van der Waals surface area contributed by atoms with Crippen LogP contribution in [0.4, 0.5) is 8.78 Å². The monoisotopic (exact) mass is 310 g/mol. The number of hydrogen-bond acceptors (Lipinski definition) is 2. The molecule has 0 bridgehead atoms. The highest BCUT2D eigenvalue weighted by molar-refractivity contribution is 6.30. The van der Waals surface area contributed by atoms with Crippen molar-refractivity contribution in [3.63, 3.8) is 0 Å². The molecule has 1 unspecified atom stereocenters. The van der Waals surface area contributed by atoms with Crippen molar-refractivity contribution in [3.05, 3.63) is 64.2 Å². The van der Waals surface area contributed by atoms with E-state index in [2.05, 4.69) is 0 Å². The van der Waals surface area contributed by atoms with Gasteiger partial charge in [0.25, 0.3) is 0 Å². The van der Waals surface area contributed by atoms with Gasteiger partial charge < -0.3 is 9.84 Å². The molecule has 110 valence electrons. The summed E-state index contributed by atoms with van der Waals surface area (Å²) in [7, 11) is 0. The van der Waals surface area contributed by atoms with Gasteiger partial charge in [-0.2, -0.15) is 0 Å². The molecule has 0 amide bonds. The molecule has 21 heavy (non-hydrogen) atoms. The van der Waals surface area contributed by atoms with E-state index in [0.717, 1.165) is 25.0 Å². The van der Waals surface area contributed by atoms with Crippen molar-refractivity contribution in [2.24, 2.45) is 0 Å². The number of hydrogen-bond donors (Lipinski definition) is 1. The van der Waals surface area contributed by atoms with Crippen LogP contribution in [0.2, 0.25) is 5.02 Å². The molecule has 0 aliphatic heterocycles. The first-order valence-electron chi connectivity index (χ1n) is 6.63. The highest BCUT2D eigenvalue weighted by Crippen LogP contribution is 2.31. The molecule has 0 spiro atoms. The van der Waals surface area contributed by atoms with Gasteiger partial charge in [0.1, 0.15) is 23.5 Å². The number of aliphatic hydroxyl groups is 1. The summed E-state index contributed by atoms with van der Waals surface area (Å²) in [6, 6.07) is 8.46. The fraction of sp³-hybridized carbons (Fsp3) is 0.250. The molecular formula is C16H13ClF2O2. The summed E-state index contributed by atoms with van der Waals surface area (Å²) in [4.78, 5) is 0. The zero-order valence-corrected chi connectivity index (χ0v) is 11.8. The van der Waals surface area contributed by atoms with E-state index in [4.69, 9.17) is 16.3 Å². The number of rotatable bonds is 4. The van der Waals surface area contributed by atoms with Crippen LogP contribution in [0.5, 0.6) is 5.75 Å². The second-order valence-electron chi connectivity index (χ2n) is 5.08. The second-order valence-corrected chi connectivity index (χ2v) is 5.48. The number of ether oxygens (including phenoxy) is 1. The van der Waals surface area contributed by atoms with E-state index in [0.29, 0.717) is 11.3 Å². The van der Waals surface area contributed by atoms with Crippen LogP contribution in [-0.4, -0.2) is 11.2 Å². The average Bonchev–Trinajstić information content (AvgIpc) is 3.27. The average molecular weight is 311 g/mol. The lowest BCUT2D eigenvalue weighted by Crippen LogP contribution is -2.04. The quantitative estimate of drug-likeness (QED) is 0.856. The molecule has 5 heteroatoms. The van der Waals surface area contributed by atoms with Gasteiger partial charge in [0.2, 0.25) is 0 Å². The minimum Gasteiger partial charge on any atom is -0.490 e. The molecule has 2 aromatic rings. The van der Waals surface area contributed by atoms with Crippen LogP contribution < -0.4 is 4.74 Å². The molecule has 1 aliphatic rings. The summed E-state index contributed by atoms with van der Waals surface area (Å²) in [5.41, 5.74) is 0.312. The first-order valence-corrected chi connectivity index (χ1v) is 7.01. The van der Waals surface area contributed by atoms with E-state index in [-0.39, 0.29) is 16.7 Å². The number of aliphatic hydroxyl groups excluding tert-OH is 1. The van der Waals surface area contributed by atoms with Gasteiger partial charge in [-0.05, 0) is 42.7 Å². The van der Waals surface area contributed by atoms with Crippen molar-refractivity contribution in [1.82, 2.24) is 0 Å². The maximum atomic E-state index is 13.8. The molecular weight excluding hydrogens is 298 g/mol. The molecule has 0 saturated heterocycles. The molecule has 2 aromatic carbocycles. The van der Waals surface area contributed by atoms with Crippen molar-refractivity contribution in [2.75, 3.05) is 0 Å². The summed E-state index contributed by atoms with van der Waals surface area (Å²) in [6.07, 6.45) is 1.13. The third-order valence-corrected chi connectivity index (χ3v) is 3.65. The van der Waals surface area contributed by atoms with Crippen LogP contribution in [0.3, 0.4) is 0 Å². The van der Waals surface area contributed by atoms with Crippen molar-refractivity contribution in [2.45, 2.75) is 25.0 Å². The zero-order chi connectivity index (χ0) is 15.0. The predicted octanol–water partition coefficient (Wildman–Crippen LogP) is 4.24. The maximum absolute atomic E-state index is 13.8. The van der Waals surface area contributed by atoms with Crippen LogP contribution in [0.1, 0.15) is 30.1 Å². The van der Waals surface area contributed by atoms with Crippen LogP contribution in [0.25, 0.3) is 0 Å². The standard InChI is InChI=1S/C16H13ClF2O2/c17-13-8-14(18)12(7-15(13)19)16(20)9-1-3-10(4-2-9)21-11-5-6-11/h1-4,7-8,11,16,20H,5-6H2. The second kappa shape index (κ2) is 5.62. The number of halogens is 3. The molecule has 1 aliphatic carbocycles. The van der Waals surface area contributed by atoms with Gasteiger partial charge in [0, 0.05) is 5.56 Å². The Kier molecular flexibility index (Phi) is 3.83. The Hall–Kier alpha value is -1.65. The first-order chi connectivity index (χ1) is 10.0. The summed E-state index contributed by atoms with van der Waals surface area (Å²) in [5, 5.41) is 9.87. The summed E-state index contributed by atoms with van der Waals surface area (Å²) in [5.74, 6) is -0.802. The lowest BCUT2D eigenvalue weighted by atomic mass is 10.0. The minimum atomic E-state index is -1.26. The van der Waals surface area contributed by atoms with Crippen molar-refractivity contribution >= 4 is 11.6 Å². The van der Waals surface area contributed by atoms with E-state index in [1.807, 2.05) is 0 Å². The largest absolute Gasteiger partial charge is 0.490 e. The Bertz CT molecular complexity index is 654. The van der Waals surface area contributed by atoms with E-state index in [1.54, 1.807) is 24.3 Å². The highest BCUT2D eigenvalue weighted by atomic mass is 35.5. The third kappa shape index (κ3) is 3.17. The van der Waals surface area contributed by atoms with Crippen LogP contribution in [-0.2, 0) is 0 Å². The molecule has 3 rings (SSSR count). The number of benzene rings is 2. The van der Waals surface area contributed by atoms with Gasteiger partial charge in [-0.1, -0.05) is 23.7 Å². The van der Waals surface area contributed by atoms with E-state index in [9.17, 15) is 13.9 Å².